The van der Waals surface area contributed by atoms with Gasteiger partial charge in [0.15, 0.2) is 5.60 Å². The van der Waals surface area contributed by atoms with Gasteiger partial charge in [0.05, 0.1) is 6.61 Å². The molecule has 1 aliphatic rings. The van der Waals surface area contributed by atoms with Crippen molar-refractivity contribution in [3.05, 3.63) is 34.9 Å². The van der Waals surface area contributed by atoms with Crippen molar-refractivity contribution in [3.8, 4) is 11.5 Å². The van der Waals surface area contributed by atoms with Crippen molar-refractivity contribution in [1.82, 2.24) is 0 Å². The van der Waals surface area contributed by atoms with E-state index >= 15 is 0 Å². The Morgan fingerprint density at radius 3 is 2.57 bits per heavy atom. The number of allylic oxidation sites excluding steroid dienone is 1. The molecule has 1 aliphatic heterocycles. The molecule has 1 saturated heterocycles. The summed E-state index contributed by atoms with van der Waals surface area (Å²) in [6.45, 7) is 6.71. The molecule has 0 aliphatic carbocycles. The van der Waals surface area contributed by atoms with Crippen LogP contribution in [0.15, 0.2) is 23.8 Å². The van der Waals surface area contributed by atoms with Gasteiger partial charge in [-0.2, -0.15) is 0 Å². The average molecular weight is 320 g/mol. The number of epoxide rings is 1. The Kier molecular flexibility index (Phi) is 4.75. The quantitative estimate of drug-likeness (QED) is 0.388. The molecule has 1 aromatic rings. The number of phenols is 1. The molecule has 0 radical (unpaired) electrons. The molecule has 1 N–H and O–H groups in total. The molecule has 6 heteroatoms. The number of carbonyl (C=O) groups excluding carboxylic acids is 2. The topological polar surface area (TPSA) is 85.4 Å². The zero-order valence-electron chi connectivity index (χ0n) is 13.6. The fraction of sp³-hybridized carbons (Fsp3) is 0.412. The molecule has 23 heavy (non-hydrogen) atoms. The Morgan fingerprint density at radius 2 is 2.04 bits per heavy atom. The summed E-state index contributed by atoms with van der Waals surface area (Å²) in [6, 6.07) is 3.06. The second-order valence-corrected chi connectivity index (χ2v) is 5.56. The summed E-state index contributed by atoms with van der Waals surface area (Å²) in [5.41, 5.74) is 0.639. The van der Waals surface area contributed by atoms with E-state index in [9.17, 15) is 14.7 Å². The minimum atomic E-state index is -0.879. The predicted molar refractivity (Wildman–Crippen MR) is 82.2 cm³/mol. The minimum Gasteiger partial charge on any atom is -0.508 e. The van der Waals surface area contributed by atoms with Crippen LogP contribution in [0.25, 0.3) is 0 Å². The van der Waals surface area contributed by atoms with Crippen molar-refractivity contribution in [1.29, 1.82) is 0 Å². The first-order valence-electron chi connectivity index (χ1n) is 7.25. The third-order valence-corrected chi connectivity index (χ3v) is 3.75. The maximum Gasteiger partial charge on any atom is 0.338 e. The Bertz CT molecular complexity index is 670. The van der Waals surface area contributed by atoms with Gasteiger partial charge in [0, 0.05) is 18.1 Å². The largest absolute Gasteiger partial charge is 0.508 e. The standard InChI is InChI=1S/C17H20O6/c1-5-10(2)16(20)23-15-6-11(3)14(19)7-13(15)17(9-22-17)8-21-12(4)18/h5-7,19H,8-9H2,1-4H3. The lowest BCUT2D eigenvalue weighted by Gasteiger charge is -2.18. The Morgan fingerprint density at radius 1 is 1.39 bits per heavy atom. The Hall–Kier alpha value is -2.34. The number of rotatable bonds is 5. The lowest BCUT2D eigenvalue weighted by atomic mass is 9.97. The number of aromatic hydroxyl groups is 1. The van der Waals surface area contributed by atoms with Crippen LogP contribution in [0.5, 0.6) is 11.5 Å². The average Bonchev–Trinajstić information content (AvgIpc) is 3.28. The van der Waals surface area contributed by atoms with E-state index in [1.54, 1.807) is 32.9 Å². The molecular formula is C17H20O6. The summed E-state index contributed by atoms with van der Waals surface area (Å²) in [4.78, 5) is 23.1. The number of benzene rings is 1. The molecule has 0 aromatic heterocycles. The molecule has 0 saturated carbocycles. The number of phenolic OH excluding ortho intramolecular Hbond substituents is 1. The van der Waals surface area contributed by atoms with E-state index in [4.69, 9.17) is 14.2 Å². The minimum absolute atomic E-state index is 0.00200. The highest BCUT2D eigenvalue weighted by Crippen LogP contribution is 2.45. The zero-order chi connectivity index (χ0) is 17.2. The molecule has 1 unspecified atom stereocenters. The smallest absolute Gasteiger partial charge is 0.338 e. The maximum absolute atomic E-state index is 12.0. The van der Waals surface area contributed by atoms with Gasteiger partial charge in [-0.1, -0.05) is 6.08 Å². The second kappa shape index (κ2) is 6.42. The summed E-state index contributed by atoms with van der Waals surface area (Å²) >= 11 is 0. The van der Waals surface area contributed by atoms with Crippen LogP contribution >= 0.6 is 0 Å². The van der Waals surface area contributed by atoms with E-state index in [-0.39, 0.29) is 18.1 Å². The van der Waals surface area contributed by atoms with E-state index < -0.39 is 17.5 Å². The van der Waals surface area contributed by atoms with E-state index in [0.717, 1.165) is 0 Å². The molecule has 0 bridgehead atoms. The highest BCUT2D eigenvalue weighted by Gasteiger charge is 2.50. The van der Waals surface area contributed by atoms with Crippen molar-refractivity contribution in [3.63, 3.8) is 0 Å². The predicted octanol–water partition coefficient (Wildman–Crippen LogP) is 2.36. The third-order valence-electron chi connectivity index (χ3n) is 3.75. The highest BCUT2D eigenvalue weighted by molar-refractivity contribution is 5.89. The van der Waals surface area contributed by atoms with Gasteiger partial charge >= 0.3 is 11.9 Å². The maximum atomic E-state index is 12.0. The van der Waals surface area contributed by atoms with Crippen LogP contribution < -0.4 is 4.74 Å². The van der Waals surface area contributed by atoms with E-state index in [0.29, 0.717) is 23.3 Å². The fourth-order valence-electron chi connectivity index (χ4n) is 2.03. The number of carbonyl (C=O) groups is 2. The van der Waals surface area contributed by atoms with Crippen molar-refractivity contribution in [2.75, 3.05) is 13.2 Å². The third kappa shape index (κ3) is 3.71. The number of hydrogen-bond donors (Lipinski definition) is 1. The zero-order valence-corrected chi connectivity index (χ0v) is 13.6. The summed E-state index contributed by atoms with van der Waals surface area (Å²) in [5.74, 6) is -0.571. The lowest BCUT2D eigenvalue weighted by Crippen LogP contribution is -2.21. The Balaban J connectivity index is 2.36. The van der Waals surface area contributed by atoms with Crippen LogP contribution in [0.2, 0.25) is 0 Å². The van der Waals surface area contributed by atoms with Gasteiger partial charge in [-0.3, -0.25) is 4.79 Å². The lowest BCUT2D eigenvalue weighted by molar-refractivity contribution is -0.143. The van der Waals surface area contributed by atoms with Crippen LogP contribution in [0.1, 0.15) is 31.9 Å². The first kappa shape index (κ1) is 17.0. The first-order valence-corrected chi connectivity index (χ1v) is 7.25. The van der Waals surface area contributed by atoms with Gasteiger partial charge in [-0.05, 0) is 38.5 Å². The number of ether oxygens (including phenoxy) is 3. The summed E-state index contributed by atoms with van der Waals surface area (Å²) < 4.78 is 15.9. The normalized spacial score (nSPS) is 20.1. The molecule has 1 atom stereocenters. The summed E-state index contributed by atoms with van der Waals surface area (Å²) in [7, 11) is 0. The van der Waals surface area contributed by atoms with E-state index in [1.807, 2.05) is 0 Å². The van der Waals surface area contributed by atoms with Crippen molar-refractivity contribution >= 4 is 11.9 Å². The van der Waals surface area contributed by atoms with Crippen LogP contribution in [-0.2, 0) is 24.7 Å². The van der Waals surface area contributed by atoms with Crippen molar-refractivity contribution < 1.29 is 28.9 Å². The van der Waals surface area contributed by atoms with Crippen LogP contribution in [0.3, 0.4) is 0 Å². The molecule has 1 fully saturated rings. The summed E-state index contributed by atoms with van der Waals surface area (Å²) in [5, 5.41) is 9.97. The van der Waals surface area contributed by atoms with Crippen molar-refractivity contribution in [2.45, 2.75) is 33.3 Å². The number of hydrogen-bond acceptors (Lipinski definition) is 6. The molecule has 0 amide bonds. The molecule has 2 rings (SSSR count). The van der Waals surface area contributed by atoms with Gasteiger partial charge in [-0.15, -0.1) is 0 Å². The monoisotopic (exact) mass is 320 g/mol. The SMILES string of the molecule is CC=C(C)C(=O)Oc1cc(C)c(O)cc1C1(COC(C)=O)CO1. The first-order chi connectivity index (χ1) is 10.8. The van der Waals surface area contributed by atoms with Crippen LogP contribution in [0, 0.1) is 6.92 Å². The molecule has 0 spiro atoms. The van der Waals surface area contributed by atoms with Gasteiger partial charge in [0.2, 0.25) is 0 Å². The molecule has 124 valence electrons. The molecule has 6 nitrogen and oxygen atoms in total. The van der Waals surface area contributed by atoms with Gasteiger partial charge in [0.1, 0.15) is 18.1 Å². The molecular weight excluding hydrogens is 300 g/mol. The molecule has 1 aromatic carbocycles. The van der Waals surface area contributed by atoms with Crippen molar-refractivity contribution in [2.24, 2.45) is 0 Å². The Labute approximate surface area is 134 Å². The van der Waals surface area contributed by atoms with Gasteiger partial charge in [-0.25, -0.2) is 4.79 Å². The highest BCUT2D eigenvalue weighted by atomic mass is 16.6. The van der Waals surface area contributed by atoms with Crippen LogP contribution in [-0.4, -0.2) is 30.3 Å². The molecule has 1 heterocycles. The summed E-state index contributed by atoms with van der Waals surface area (Å²) in [6.07, 6.45) is 1.65. The van der Waals surface area contributed by atoms with E-state index in [1.165, 1.54) is 13.0 Å². The fourth-order valence-corrected chi connectivity index (χ4v) is 2.03. The van der Waals surface area contributed by atoms with E-state index in [2.05, 4.69) is 0 Å². The van der Waals surface area contributed by atoms with Crippen LogP contribution in [0.4, 0.5) is 0 Å². The van der Waals surface area contributed by atoms with Gasteiger partial charge < -0.3 is 19.3 Å². The second-order valence-electron chi connectivity index (χ2n) is 5.56. The number of esters is 2. The number of aryl methyl sites for hydroxylation is 1. The van der Waals surface area contributed by atoms with Gasteiger partial charge in [0.25, 0.3) is 0 Å².